The van der Waals surface area contributed by atoms with Crippen molar-refractivity contribution in [3.63, 3.8) is 0 Å². The van der Waals surface area contributed by atoms with Crippen LogP contribution in [0.2, 0.25) is 0 Å². The summed E-state index contributed by atoms with van der Waals surface area (Å²) in [6, 6.07) is 22.1. The van der Waals surface area contributed by atoms with E-state index in [2.05, 4.69) is 57.1 Å². The van der Waals surface area contributed by atoms with Crippen molar-refractivity contribution in [1.82, 2.24) is 15.3 Å². The van der Waals surface area contributed by atoms with Gasteiger partial charge >= 0.3 is 0 Å². The first-order valence-electron chi connectivity index (χ1n) is 13.2. The van der Waals surface area contributed by atoms with E-state index in [1.165, 1.54) is 6.08 Å². The van der Waals surface area contributed by atoms with E-state index in [1.54, 1.807) is 42.6 Å². The molecule has 5 rings (SSSR count). The number of fused-ring (bicyclic) bond motifs is 7. The number of ether oxygens (including phenoxy) is 1. The Hall–Kier alpha value is -5.28. The molecule has 0 saturated carbocycles. The minimum absolute atomic E-state index is 0.308. The molecule has 9 nitrogen and oxygen atoms in total. The average Bonchev–Trinajstić information content (AvgIpc) is 2.98. The van der Waals surface area contributed by atoms with Gasteiger partial charge in [0.25, 0.3) is 5.91 Å². The molecule has 0 saturated heterocycles. The molecule has 206 valence electrons. The molecule has 0 aliphatic carbocycles. The van der Waals surface area contributed by atoms with Crippen molar-refractivity contribution in [2.75, 3.05) is 29.1 Å². The molecule has 1 aliphatic heterocycles. The highest BCUT2D eigenvalue weighted by Crippen LogP contribution is 2.28. The summed E-state index contributed by atoms with van der Waals surface area (Å²) in [6.07, 6.45) is 7.80. The highest BCUT2D eigenvalue weighted by atomic mass is 16.5. The minimum atomic E-state index is -0.322. The quantitative estimate of drug-likeness (QED) is 0.192. The summed E-state index contributed by atoms with van der Waals surface area (Å²) in [5, 5.41) is 12.3. The molecule has 4 aromatic rings. The van der Waals surface area contributed by atoms with Crippen LogP contribution in [0.15, 0.2) is 104 Å². The summed E-state index contributed by atoms with van der Waals surface area (Å²) >= 11 is 0. The zero-order valence-electron chi connectivity index (χ0n) is 22.4. The highest BCUT2D eigenvalue weighted by molar-refractivity contribution is 6.05. The highest BCUT2D eigenvalue weighted by Gasteiger charge is 2.11. The predicted octanol–water partition coefficient (Wildman–Crippen LogP) is 5.69. The number of rotatable bonds is 4. The van der Waals surface area contributed by atoms with Crippen molar-refractivity contribution in [2.45, 2.75) is 13.0 Å². The summed E-state index contributed by atoms with van der Waals surface area (Å²) in [5.41, 5.74) is 5.14. The smallest absolute Gasteiger partial charge is 0.255 e. The van der Waals surface area contributed by atoms with Crippen LogP contribution < -0.4 is 26.0 Å². The van der Waals surface area contributed by atoms with E-state index in [1.807, 2.05) is 24.3 Å². The second kappa shape index (κ2) is 13.2. The topological polar surface area (TPSA) is 117 Å². The first-order chi connectivity index (χ1) is 20.1. The van der Waals surface area contributed by atoms with Gasteiger partial charge in [-0.3, -0.25) is 9.59 Å². The minimum Gasteiger partial charge on any atom is -0.493 e. The lowest BCUT2D eigenvalue weighted by Crippen LogP contribution is -2.13. The summed E-state index contributed by atoms with van der Waals surface area (Å²) in [4.78, 5) is 33.7. The molecule has 9 heteroatoms. The molecule has 1 aliphatic rings. The Kier molecular flexibility index (Phi) is 8.78. The average molecular weight is 547 g/mol. The Balaban J connectivity index is 1.40. The van der Waals surface area contributed by atoms with E-state index in [9.17, 15) is 9.59 Å². The van der Waals surface area contributed by atoms with Gasteiger partial charge in [-0.1, -0.05) is 36.9 Å². The molecule has 0 unspecified atom stereocenters. The van der Waals surface area contributed by atoms with E-state index >= 15 is 0 Å². The lowest BCUT2D eigenvalue weighted by atomic mass is 10.1. The van der Waals surface area contributed by atoms with Crippen molar-refractivity contribution < 1.29 is 14.3 Å². The zero-order chi connectivity index (χ0) is 28.4. The van der Waals surface area contributed by atoms with Crippen LogP contribution in [0.5, 0.6) is 5.75 Å². The maximum absolute atomic E-state index is 13.0. The summed E-state index contributed by atoms with van der Waals surface area (Å²) in [6.45, 7) is 5.41. The molecule has 0 atom stereocenters. The molecule has 0 radical (unpaired) electrons. The standard InChI is InChI=1S/C32H30N6O3/c1-2-30(39)35-25-11-9-23(10-12-25)31(40)36-26-18-27-20-28(19-26)41-16-5-3-4-14-33-21-22-7-6-8-24(17-22)29-13-15-34-32(37-27)38-29/h2-4,6-13,15,17-20,33H,1,5,14,16,21H2,(H,35,39)(H,36,40)(H,34,37,38)/b4-3+. The molecule has 4 N–H and O–H groups in total. The SMILES string of the molecule is C=CC(=O)Nc1ccc(C(=O)Nc2cc3cc(c2)OCC/C=C/CNCc2cccc(c2)-c2ccnc(n2)N3)cc1. The van der Waals surface area contributed by atoms with Gasteiger partial charge in [0.15, 0.2) is 0 Å². The van der Waals surface area contributed by atoms with E-state index in [-0.39, 0.29) is 11.8 Å². The molecule has 41 heavy (non-hydrogen) atoms. The second-order valence-corrected chi connectivity index (χ2v) is 9.30. The van der Waals surface area contributed by atoms with Crippen LogP contribution in [0.4, 0.5) is 23.0 Å². The van der Waals surface area contributed by atoms with Gasteiger partial charge in [0.2, 0.25) is 11.9 Å². The van der Waals surface area contributed by atoms with Crippen LogP contribution in [0, 0.1) is 0 Å². The number of hydrogen-bond acceptors (Lipinski definition) is 7. The van der Waals surface area contributed by atoms with Crippen molar-refractivity contribution in [1.29, 1.82) is 0 Å². The van der Waals surface area contributed by atoms with Crippen molar-refractivity contribution in [2.24, 2.45) is 0 Å². The van der Waals surface area contributed by atoms with Gasteiger partial charge in [0.1, 0.15) is 5.75 Å². The Morgan fingerprint density at radius 2 is 1.83 bits per heavy atom. The monoisotopic (exact) mass is 546 g/mol. The number of amides is 2. The Morgan fingerprint density at radius 3 is 2.68 bits per heavy atom. The third-order valence-electron chi connectivity index (χ3n) is 6.21. The third kappa shape index (κ3) is 7.65. The number of carbonyl (C=O) groups excluding carboxylic acids is 2. The van der Waals surface area contributed by atoms with E-state index in [0.717, 1.165) is 36.3 Å². The molecular weight excluding hydrogens is 516 g/mol. The predicted molar refractivity (Wildman–Crippen MR) is 161 cm³/mol. The molecule has 3 aromatic carbocycles. The van der Waals surface area contributed by atoms with Crippen LogP contribution in [-0.4, -0.2) is 34.9 Å². The Morgan fingerprint density at radius 1 is 0.951 bits per heavy atom. The molecule has 0 fully saturated rings. The normalized spacial score (nSPS) is 13.8. The first-order valence-corrected chi connectivity index (χ1v) is 13.2. The van der Waals surface area contributed by atoms with Crippen LogP contribution in [0.1, 0.15) is 22.3 Å². The Labute approximate surface area is 238 Å². The second-order valence-electron chi connectivity index (χ2n) is 9.30. The number of anilines is 4. The Bertz CT molecular complexity index is 1580. The van der Waals surface area contributed by atoms with Gasteiger partial charge in [0.05, 0.1) is 12.3 Å². The molecule has 2 amide bonds. The number of nitrogens with zero attached hydrogens (tertiary/aromatic N) is 2. The van der Waals surface area contributed by atoms with E-state index < -0.39 is 0 Å². The van der Waals surface area contributed by atoms with Gasteiger partial charge in [-0.25, -0.2) is 9.97 Å². The van der Waals surface area contributed by atoms with Gasteiger partial charge in [0, 0.05) is 59.6 Å². The van der Waals surface area contributed by atoms with Crippen molar-refractivity contribution >= 4 is 34.8 Å². The number of nitrogens with one attached hydrogen (secondary N) is 4. The van der Waals surface area contributed by atoms with Crippen molar-refractivity contribution in [3.05, 3.63) is 115 Å². The molecular formula is C32H30N6O3. The molecule has 2 heterocycles. The first kappa shape index (κ1) is 27.3. The summed E-state index contributed by atoms with van der Waals surface area (Å²) in [7, 11) is 0. The van der Waals surface area contributed by atoms with Gasteiger partial charge in [-0.15, -0.1) is 0 Å². The van der Waals surface area contributed by atoms with Crippen LogP contribution >= 0.6 is 0 Å². The van der Waals surface area contributed by atoms with Crippen LogP contribution in [0.25, 0.3) is 11.3 Å². The lowest BCUT2D eigenvalue weighted by molar-refractivity contribution is -0.111. The fourth-order valence-electron chi connectivity index (χ4n) is 4.22. The summed E-state index contributed by atoms with van der Waals surface area (Å²) < 4.78 is 6.02. The van der Waals surface area contributed by atoms with Crippen LogP contribution in [-0.2, 0) is 11.3 Å². The number of aromatic nitrogens is 2. The largest absolute Gasteiger partial charge is 0.493 e. The zero-order valence-corrected chi connectivity index (χ0v) is 22.4. The van der Waals surface area contributed by atoms with E-state index in [0.29, 0.717) is 40.9 Å². The fraction of sp³-hybridized carbons (Fsp3) is 0.125. The van der Waals surface area contributed by atoms with Gasteiger partial charge in [-0.05, 0) is 60.5 Å². The number of hydrogen-bond donors (Lipinski definition) is 4. The van der Waals surface area contributed by atoms with Crippen molar-refractivity contribution in [3.8, 4) is 17.0 Å². The number of carbonyl (C=O) groups is 2. The lowest BCUT2D eigenvalue weighted by Gasteiger charge is -2.14. The fourth-order valence-corrected chi connectivity index (χ4v) is 4.22. The maximum atomic E-state index is 13.0. The third-order valence-corrected chi connectivity index (χ3v) is 6.21. The van der Waals surface area contributed by atoms with Gasteiger partial charge < -0.3 is 26.0 Å². The summed E-state index contributed by atoms with van der Waals surface area (Å²) in [5.74, 6) is 0.376. The number of benzene rings is 3. The van der Waals surface area contributed by atoms with Crippen LogP contribution in [0.3, 0.4) is 0 Å². The molecule has 6 bridgehead atoms. The van der Waals surface area contributed by atoms with E-state index in [4.69, 9.17) is 9.72 Å². The molecule has 1 aromatic heterocycles. The maximum Gasteiger partial charge on any atom is 0.255 e. The molecule has 0 spiro atoms. The van der Waals surface area contributed by atoms with Gasteiger partial charge in [-0.2, -0.15) is 0 Å².